The first kappa shape index (κ1) is 17.0. The first-order chi connectivity index (χ1) is 9.28. The summed E-state index contributed by atoms with van der Waals surface area (Å²) < 4.78 is 25.3. The van der Waals surface area contributed by atoms with Crippen molar-refractivity contribution in [1.82, 2.24) is 9.62 Å². The highest BCUT2D eigenvalue weighted by Gasteiger charge is 2.17. The maximum atomic E-state index is 12.0. The van der Waals surface area contributed by atoms with E-state index in [0.717, 1.165) is 5.56 Å². The van der Waals surface area contributed by atoms with Crippen LogP contribution in [0.4, 0.5) is 0 Å². The third-order valence-electron chi connectivity index (χ3n) is 2.79. The summed E-state index contributed by atoms with van der Waals surface area (Å²) >= 11 is 1.47. The molecule has 20 heavy (non-hydrogen) atoms. The van der Waals surface area contributed by atoms with Gasteiger partial charge in [0, 0.05) is 26.9 Å². The Kier molecular flexibility index (Phi) is 6.04. The first-order valence-electron chi connectivity index (χ1n) is 6.13. The van der Waals surface area contributed by atoms with Crippen LogP contribution in [0, 0.1) is 0 Å². The van der Waals surface area contributed by atoms with Gasteiger partial charge in [-0.25, -0.2) is 12.7 Å². The minimum Gasteiger partial charge on any atom is -0.358 e. The Morgan fingerprint density at radius 2 is 2.05 bits per heavy atom. The van der Waals surface area contributed by atoms with E-state index in [1.54, 1.807) is 25.2 Å². The highest BCUT2D eigenvalue weighted by Crippen LogP contribution is 2.21. The molecular formula is C13H20N2O3S2. The lowest BCUT2D eigenvalue weighted by atomic mass is 10.2. The third kappa shape index (κ3) is 4.22. The Balaban J connectivity index is 2.82. The minimum absolute atomic E-state index is 0.0351. The van der Waals surface area contributed by atoms with E-state index in [4.69, 9.17) is 0 Å². The van der Waals surface area contributed by atoms with Crippen molar-refractivity contribution >= 4 is 27.7 Å². The molecule has 1 amide bonds. The average molecular weight is 316 g/mol. The van der Waals surface area contributed by atoms with Gasteiger partial charge in [0.2, 0.25) is 15.9 Å². The number of hydrogen-bond donors (Lipinski definition) is 1. The molecule has 1 rings (SSSR count). The van der Waals surface area contributed by atoms with E-state index in [0.29, 0.717) is 5.75 Å². The molecule has 0 aliphatic carbocycles. The van der Waals surface area contributed by atoms with Gasteiger partial charge in [-0.3, -0.25) is 4.79 Å². The predicted octanol–water partition coefficient (Wildman–Crippen LogP) is 1.30. The lowest BCUT2D eigenvalue weighted by molar-refractivity contribution is -0.119. The SMILES string of the molecule is CNC(=O)C(C)SCc1cccc(S(=O)(=O)N(C)C)c1. The molecule has 1 N–H and O–H groups in total. The fourth-order valence-corrected chi connectivity index (χ4v) is 3.37. The number of nitrogens with one attached hydrogen (secondary N) is 1. The molecule has 1 atom stereocenters. The van der Waals surface area contributed by atoms with Crippen LogP contribution in [0.15, 0.2) is 29.2 Å². The maximum Gasteiger partial charge on any atom is 0.242 e. The lowest BCUT2D eigenvalue weighted by Crippen LogP contribution is -2.27. The van der Waals surface area contributed by atoms with Gasteiger partial charge in [0.25, 0.3) is 0 Å². The van der Waals surface area contributed by atoms with Crippen molar-refractivity contribution in [2.24, 2.45) is 0 Å². The second kappa shape index (κ2) is 7.10. The molecule has 0 aliphatic heterocycles. The van der Waals surface area contributed by atoms with Crippen LogP contribution in [0.3, 0.4) is 0 Å². The summed E-state index contributed by atoms with van der Waals surface area (Å²) in [6.07, 6.45) is 0. The Morgan fingerprint density at radius 1 is 1.40 bits per heavy atom. The molecule has 0 radical (unpaired) electrons. The first-order valence-corrected chi connectivity index (χ1v) is 8.62. The summed E-state index contributed by atoms with van der Waals surface area (Å²) in [6.45, 7) is 1.82. The molecule has 0 bridgehead atoms. The maximum absolute atomic E-state index is 12.0. The van der Waals surface area contributed by atoms with Gasteiger partial charge in [0.1, 0.15) is 0 Å². The van der Waals surface area contributed by atoms with Crippen LogP contribution in [0.1, 0.15) is 12.5 Å². The number of benzene rings is 1. The van der Waals surface area contributed by atoms with Crippen molar-refractivity contribution in [2.45, 2.75) is 22.8 Å². The van der Waals surface area contributed by atoms with E-state index in [1.165, 1.54) is 30.2 Å². The molecule has 1 aromatic carbocycles. The molecule has 0 heterocycles. The molecule has 0 fully saturated rings. The van der Waals surface area contributed by atoms with Crippen LogP contribution in [0.5, 0.6) is 0 Å². The van der Waals surface area contributed by atoms with Gasteiger partial charge in [-0.1, -0.05) is 12.1 Å². The number of carbonyl (C=O) groups is 1. The summed E-state index contributed by atoms with van der Waals surface area (Å²) in [5, 5.41) is 2.42. The van der Waals surface area contributed by atoms with Crippen LogP contribution >= 0.6 is 11.8 Å². The molecule has 1 aromatic rings. The lowest BCUT2D eigenvalue weighted by Gasteiger charge is -2.13. The molecule has 7 heteroatoms. The molecule has 0 saturated heterocycles. The highest BCUT2D eigenvalue weighted by molar-refractivity contribution is 7.99. The van der Waals surface area contributed by atoms with Crippen molar-refractivity contribution in [3.05, 3.63) is 29.8 Å². The highest BCUT2D eigenvalue weighted by atomic mass is 32.2. The quantitative estimate of drug-likeness (QED) is 0.859. The molecular weight excluding hydrogens is 296 g/mol. The molecule has 0 saturated carbocycles. The Labute approximate surface area is 124 Å². The van der Waals surface area contributed by atoms with E-state index in [2.05, 4.69) is 5.32 Å². The second-order valence-electron chi connectivity index (χ2n) is 4.50. The van der Waals surface area contributed by atoms with Gasteiger partial charge >= 0.3 is 0 Å². The number of carbonyl (C=O) groups excluding carboxylic acids is 1. The standard InChI is InChI=1S/C13H20N2O3S2/c1-10(13(16)14-2)19-9-11-6-5-7-12(8-11)20(17,18)15(3)4/h5-8,10H,9H2,1-4H3,(H,14,16). The van der Waals surface area contributed by atoms with E-state index >= 15 is 0 Å². The van der Waals surface area contributed by atoms with Gasteiger partial charge in [-0.2, -0.15) is 0 Å². The molecule has 1 unspecified atom stereocenters. The van der Waals surface area contributed by atoms with Crippen molar-refractivity contribution < 1.29 is 13.2 Å². The van der Waals surface area contributed by atoms with Crippen molar-refractivity contribution in [3.63, 3.8) is 0 Å². The summed E-state index contributed by atoms with van der Waals surface area (Å²) in [5.74, 6) is 0.554. The molecule has 0 aromatic heterocycles. The Hall–Kier alpha value is -1.05. The number of amides is 1. The molecule has 0 spiro atoms. The largest absolute Gasteiger partial charge is 0.358 e. The van der Waals surface area contributed by atoms with Gasteiger partial charge in [0.05, 0.1) is 10.1 Å². The number of thioether (sulfide) groups is 1. The zero-order valence-electron chi connectivity index (χ0n) is 12.1. The minimum atomic E-state index is -3.41. The Bertz CT molecular complexity index is 571. The third-order valence-corrected chi connectivity index (χ3v) is 5.82. The number of nitrogens with zero attached hydrogens (tertiary/aromatic N) is 1. The fraction of sp³-hybridized carbons (Fsp3) is 0.462. The van der Waals surface area contributed by atoms with E-state index in [1.807, 2.05) is 13.0 Å². The summed E-state index contributed by atoms with van der Waals surface area (Å²) in [4.78, 5) is 11.7. The van der Waals surface area contributed by atoms with Gasteiger partial charge < -0.3 is 5.32 Å². The van der Waals surface area contributed by atoms with Gasteiger partial charge in [-0.15, -0.1) is 11.8 Å². The van der Waals surface area contributed by atoms with E-state index in [9.17, 15) is 13.2 Å². The summed E-state index contributed by atoms with van der Waals surface area (Å²) in [6, 6.07) is 6.81. The van der Waals surface area contributed by atoms with Crippen molar-refractivity contribution in [1.29, 1.82) is 0 Å². The van der Waals surface area contributed by atoms with Crippen LogP contribution in [-0.2, 0) is 20.6 Å². The molecule has 0 aliphatic rings. The predicted molar refractivity (Wildman–Crippen MR) is 82.1 cm³/mol. The average Bonchev–Trinajstić information content (AvgIpc) is 2.43. The topological polar surface area (TPSA) is 66.5 Å². The number of hydrogen-bond acceptors (Lipinski definition) is 4. The number of rotatable bonds is 6. The van der Waals surface area contributed by atoms with Crippen LogP contribution in [0.25, 0.3) is 0 Å². The Morgan fingerprint density at radius 3 is 2.60 bits per heavy atom. The van der Waals surface area contributed by atoms with Gasteiger partial charge in [-0.05, 0) is 24.6 Å². The monoisotopic (exact) mass is 316 g/mol. The summed E-state index contributed by atoms with van der Waals surface area (Å²) in [7, 11) is 1.20. The van der Waals surface area contributed by atoms with Crippen molar-refractivity contribution in [2.75, 3.05) is 21.1 Å². The van der Waals surface area contributed by atoms with Crippen LogP contribution in [-0.4, -0.2) is 45.0 Å². The molecule has 112 valence electrons. The van der Waals surface area contributed by atoms with Gasteiger partial charge in [0.15, 0.2) is 0 Å². The zero-order chi connectivity index (χ0) is 15.3. The summed E-state index contributed by atoms with van der Waals surface area (Å²) in [5.41, 5.74) is 0.883. The zero-order valence-corrected chi connectivity index (χ0v) is 13.7. The fourth-order valence-electron chi connectivity index (χ4n) is 1.51. The van der Waals surface area contributed by atoms with Crippen LogP contribution in [0.2, 0.25) is 0 Å². The van der Waals surface area contributed by atoms with Crippen LogP contribution < -0.4 is 5.32 Å². The molecule has 5 nitrogen and oxygen atoms in total. The number of sulfonamides is 1. The second-order valence-corrected chi connectivity index (χ2v) is 7.98. The van der Waals surface area contributed by atoms with E-state index < -0.39 is 10.0 Å². The smallest absolute Gasteiger partial charge is 0.242 e. The van der Waals surface area contributed by atoms with Crippen molar-refractivity contribution in [3.8, 4) is 0 Å². The normalized spacial score (nSPS) is 13.2. The van der Waals surface area contributed by atoms with E-state index in [-0.39, 0.29) is 16.1 Å².